The molecule has 0 radical (unpaired) electrons. The summed E-state index contributed by atoms with van der Waals surface area (Å²) in [6.07, 6.45) is 3.38. The molecule has 0 bridgehead atoms. The lowest BCUT2D eigenvalue weighted by Gasteiger charge is -2.15. The number of fused-ring (bicyclic) bond motifs is 3. The summed E-state index contributed by atoms with van der Waals surface area (Å²) in [6.45, 7) is 1.47. The highest BCUT2D eigenvalue weighted by molar-refractivity contribution is 7.17. The number of aryl methyl sites for hydroxylation is 2. The van der Waals surface area contributed by atoms with Gasteiger partial charge >= 0.3 is 0 Å². The fourth-order valence-electron chi connectivity index (χ4n) is 3.10. The van der Waals surface area contributed by atoms with Crippen molar-refractivity contribution in [1.29, 1.82) is 0 Å². The molecule has 8 nitrogen and oxygen atoms in total. The third kappa shape index (κ3) is 3.95. The molecular formula is C20H20N6O2S. The number of rotatable bonds is 4. The molecule has 1 aromatic carbocycles. The van der Waals surface area contributed by atoms with Crippen LogP contribution in [0.3, 0.4) is 0 Å². The van der Waals surface area contributed by atoms with Gasteiger partial charge in [-0.1, -0.05) is 6.07 Å². The summed E-state index contributed by atoms with van der Waals surface area (Å²) in [7, 11) is 3.44. The highest BCUT2D eigenvalue weighted by atomic mass is 32.1. The van der Waals surface area contributed by atoms with Crippen molar-refractivity contribution in [3.8, 4) is 10.6 Å². The van der Waals surface area contributed by atoms with E-state index in [4.69, 9.17) is 4.98 Å². The molecule has 2 aromatic heterocycles. The molecule has 0 unspecified atom stereocenters. The van der Waals surface area contributed by atoms with Crippen molar-refractivity contribution in [2.75, 3.05) is 24.7 Å². The van der Waals surface area contributed by atoms with Gasteiger partial charge < -0.3 is 15.5 Å². The fourth-order valence-corrected chi connectivity index (χ4v) is 4.25. The largest absolute Gasteiger partial charge is 0.343 e. The molecule has 0 atom stereocenters. The molecule has 2 N–H and O–H groups in total. The SMILES string of the molecule is CC(=O)Nc1cccc(Nc2ncc3c(n2)-c2sc(C(=O)N(C)C)nc2CC3)c1. The summed E-state index contributed by atoms with van der Waals surface area (Å²) in [6, 6.07) is 7.34. The van der Waals surface area contributed by atoms with Crippen molar-refractivity contribution in [3.63, 3.8) is 0 Å². The summed E-state index contributed by atoms with van der Waals surface area (Å²) in [5, 5.41) is 6.41. The molecule has 0 saturated heterocycles. The summed E-state index contributed by atoms with van der Waals surface area (Å²) in [5.74, 6) is 0.214. The predicted octanol–water partition coefficient (Wildman–Crippen LogP) is 3.10. The Morgan fingerprint density at radius 2 is 1.93 bits per heavy atom. The smallest absolute Gasteiger partial charge is 0.282 e. The molecule has 9 heteroatoms. The number of hydrogen-bond acceptors (Lipinski definition) is 7. The van der Waals surface area contributed by atoms with E-state index in [1.54, 1.807) is 14.1 Å². The fraction of sp³-hybridized carbons (Fsp3) is 0.250. The number of aromatic nitrogens is 3. The average molecular weight is 408 g/mol. The number of anilines is 3. The van der Waals surface area contributed by atoms with Gasteiger partial charge in [-0.2, -0.15) is 0 Å². The molecule has 2 heterocycles. The number of amides is 2. The van der Waals surface area contributed by atoms with E-state index >= 15 is 0 Å². The van der Waals surface area contributed by atoms with E-state index in [-0.39, 0.29) is 11.8 Å². The number of carbonyl (C=O) groups excluding carboxylic acids is 2. The van der Waals surface area contributed by atoms with Gasteiger partial charge in [0.1, 0.15) is 0 Å². The minimum Gasteiger partial charge on any atom is -0.343 e. The monoisotopic (exact) mass is 408 g/mol. The number of nitrogens with one attached hydrogen (secondary N) is 2. The van der Waals surface area contributed by atoms with Crippen LogP contribution in [0, 0.1) is 0 Å². The topological polar surface area (TPSA) is 100 Å². The van der Waals surface area contributed by atoms with Crippen molar-refractivity contribution >= 4 is 40.5 Å². The van der Waals surface area contributed by atoms with Gasteiger partial charge in [-0.05, 0) is 36.6 Å². The molecule has 0 saturated carbocycles. The van der Waals surface area contributed by atoms with Gasteiger partial charge in [0.2, 0.25) is 11.9 Å². The van der Waals surface area contributed by atoms with E-state index in [0.29, 0.717) is 16.6 Å². The minimum absolute atomic E-state index is 0.104. The van der Waals surface area contributed by atoms with E-state index in [1.165, 1.54) is 23.2 Å². The number of nitrogens with zero attached hydrogens (tertiary/aromatic N) is 4. The van der Waals surface area contributed by atoms with Crippen molar-refractivity contribution in [2.24, 2.45) is 0 Å². The first-order chi connectivity index (χ1) is 13.9. The summed E-state index contributed by atoms with van der Waals surface area (Å²) in [5.41, 5.74) is 4.22. The predicted molar refractivity (Wildman–Crippen MR) is 113 cm³/mol. The molecule has 1 aliphatic carbocycles. The minimum atomic E-state index is -0.131. The van der Waals surface area contributed by atoms with Crippen LogP contribution < -0.4 is 10.6 Å². The first kappa shape index (κ1) is 19.0. The zero-order chi connectivity index (χ0) is 20.5. The summed E-state index contributed by atoms with van der Waals surface area (Å²) >= 11 is 1.37. The van der Waals surface area contributed by atoms with Crippen LogP contribution in [-0.2, 0) is 17.6 Å². The second-order valence-electron chi connectivity index (χ2n) is 6.95. The van der Waals surface area contributed by atoms with Crippen LogP contribution in [-0.4, -0.2) is 45.8 Å². The van der Waals surface area contributed by atoms with E-state index in [1.807, 2.05) is 30.5 Å². The summed E-state index contributed by atoms with van der Waals surface area (Å²) in [4.78, 5) is 39.7. The van der Waals surface area contributed by atoms with Gasteiger partial charge in [-0.3, -0.25) is 9.59 Å². The van der Waals surface area contributed by atoms with Crippen molar-refractivity contribution in [3.05, 3.63) is 46.7 Å². The standard InChI is InChI=1S/C20H20N6O2S/c1-11(27)22-13-5-4-6-14(9-13)23-20-21-10-12-7-8-15-17(16(12)25-20)29-18(24-15)19(28)26(2)3/h4-6,9-10H,7-8H2,1-3H3,(H,22,27)(H,21,23,25). The van der Waals surface area contributed by atoms with Crippen molar-refractivity contribution < 1.29 is 9.59 Å². The Hall–Kier alpha value is -3.33. The maximum absolute atomic E-state index is 12.3. The number of hydrogen-bond donors (Lipinski definition) is 2. The van der Waals surface area contributed by atoms with E-state index in [9.17, 15) is 9.59 Å². The Morgan fingerprint density at radius 1 is 1.14 bits per heavy atom. The second-order valence-corrected chi connectivity index (χ2v) is 7.95. The molecule has 3 aromatic rings. The third-order valence-electron chi connectivity index (χ3n) is 4.44. The Balaban J connectivity index is 1.64. The van der Waals surface area contributed by atoms with Gasteiger partial charge in [0.15, 0.2) is 5.01 Å². The van der Waals surface area contributed by atoms with Crippen LogP contribution in [0.2, 0.25) is 0 Å². The van der Waals surface area contributed by atoms with Gasteiger partial charge in [0, 0.05) is 38.6 Å². The lowest BCUT2D eigenvalue weighted by Crippen LogP contribution is -2.21. The first-order valence-corrected chi connectivity index (χ1v) is 9.94. The Labute approximate surface area is 172 Å². The maximum atomic E-state index is 12.3. The molecule has 1 aliphatic rings. The molecule has 29 heavy (non-hydrogen) atoms. The molecular weight excluding hydrogens is 388 g/mol. The molecule has 2 amide bonds. The first-order valence-electron chi connectivity index (χ1n) is 9.13. The maximum Gasteiger partial charge on any atom is 0.282 e. The van der Waals surface area contributed by atoms with Crippen molar-refractivity contribution in [2.45, 2.75) is 19.8 Å². The zero-order valence-electron chi connectivity index (χ0n) is 16.3. The number of benzene rings is 1. The average Bonchev–Trinajstić information content (AvgIpc) is 3.12. The van der Waals surface area contributed by atoms with Crippen molar-refractivity contribution in [1.82, 2.24) is 19.9 Å². The van der Waals surface area contributed by atoms with Gasteiger partial charge in [-0.25, -0.2) is 15.0 Å². The van der Waals surface area contributed by atoms with Crippen LogP contribution in [0.1, 0.15) is 28.0 Å². The highest BCUT2D eigenvalue weighted by Gasteiger charge is 2.25. The lowest BCUT2D eigenvalue weighted by atomic mass is 10.00. The van der Waals surface area contributed by atoms with Gasteiger partial charge in [-0.15, -0.1) is 11.3 Å². The molecule has 0 spiro atoms. The molecule has 4 rings (SSSR count). The quantitative estimate of drug-likeness (QED) is 0.688. The number of thiazole rings is 1. The lowest BCUT2D eigenvalue weighted by molar-refractivity contribution is -0.114. The molecule has 148 valence electrons. The zero-order valence-corrected chi connectivity index (χ0v) is 17.1. The summed E-state index contributed by atoms with van der Waals surface area (Å²) < 4.78 is 0. The second kappa shape index (κ2) is 7.59. The van der Waals surface area contributed by atoms with E-state index in [0.717, 1.165) is 40.4 Å². The van der Waals surface area contributed by atoms with E-state index in [2.05, 4.69) is 20.6 Å². The Bertz CT molecular complexity index is 1110. The Morgan fingerprint density at radius 3 is 2.69 bits per heavy atom. The van der Waals surface area contributed by atoms with Gasteiger partial charge in [0.05, 0.1) is 16.3 Å². The normalized spacial score (nSPS) is 12.0. The third-order valence-corrected chi connectivity index (χ3v) is 5.53. The van der Waals surface area contributed by atoms with Crippen LogP contribution in [0.4, 0.5) is 17.3 Å². The van der Waals surface area contributed by atoms with E-state index < -0.39 is 0 Å². The molecule has 0 fully saturated rings. The molecule has 0 aliphatic heterocycles. The van der Waals surface area contributed by atoms with Crippen LogP contribution in [0.5, 0.6) is 0 Å². The number of carbonyl (C=O) groups is 2. The van der Waals surface area contributed by atoms with Crippen LogP contribution in [0.25, 0.3) is 10.6 Å². The van der Waals surface area contributed by atoms with Gasteiger partial charge in [0.25, 0.3) is 5.91 Å². The Kier molecular flexibility index (Phi) is 4.98. The van der Waals surface area contributed by atoms with Crippen LogP contribution in [0.15, 0.2) is 30.5 Å². The van der Waals surface area contributed by atoms with Crippen LogP contribution >= 0.6 is 11.3 Å². The highest BCUT2D eigenvalue weighted by Crippen LogP contribution is 2.37.